The molecule has 0 atom stereocenters. The zero-order valence-corrected chi connectivity index (χ0v) is 11.9. The lowest BCUT2D eigenvalue weighted by atomic mass is 10.1. The van der Waals surface area contributed by atoms with Crippen molar-refractivity contribution in [2.45, 2.75) is 23.1 Å². The lowest BCUT2D eigenvalue weighted by molar-refractivity contribution is 0.467. The van der Waals surface area contributed by atoms with Gasteiger partial charge < -0.3 is 5.11 Å². The normalized spacial score (nSPS) is 10.5. The fourth-order valence-electron chi connectivity index (χ4n) is 1.54. The van der Waals surface area contributed by atoms with Gasteiger partial charge in [-0.1, -0.05) is 40.7 Å². The second-order valence-electron chi connectivity index (χ2n) is 3.70. The van der Waals surface area contributed by atoms with Crippen molar-refractivity contribution in [2.24, 2.45) is 0 Å². The summed E-state index contributed by atoms with van der Waals surface area (Å²) in [6.07, 6.45) is 0.856. The van der Waals surface area contributed by atoms with Crippen molar-refractivity contribution in [2.75, 3.05) is 0 Å². The molecule has 0 saturated carbocycles. The summed E-state index contributed by atoms with van der Waals surface area (Å²) in [5, 5.41) is 9.79. The molecule has 88 valence electrons. The van der Waals surface area contributed by atoms with Gasteiger partial charge in [0.05, 0.1) is 0 Å². The van der Waals surface area contributed by atoms with E-state index in [1.807, 2.05) is 37.3 Å². The van der Waals surface area contributed by atoms with E-state index in [-0.39, 0.29) is 0 Å². The Labute approximate surface area is 114 Å². The van der Waals surface area contributed by atoms with Gasteiger partial charge in [-0.05, 0) is 48.4 Å². The Morgan fingerprint density at radius 1 is 1.06 bits per heavy atom. The summed E-state index contributed by atoms with van der Waals surface area (Å²) in [4.78, 5) is 2.22. The van der Waals surface area contributed by atoms with E-state index in [1.54, 1.807) is 11.8 Å². The van der Waals surface area contributed by atoms with Crippen molar-refractivity contribution in [1.29, 1.82) is 0 Å². The summed E-state index contributed by atoms with van der Waals surface area (Å²) in [7, 11) is 0. The van der Waals surface area contributed by atoms with Gasteiger partial charge in [0, 0.05) is 14.3 Å². The molecule has 0 amide bonds. The number of rotatable bonds is 3. The second kappa shape index (κ2) is 5.61. The van der Waals surface area contributed by atoms with Gasteiger partial charge in [0.25, 0.3) is 0 Å². The third-order valence-corrected chi connectivity index (χ3v) is 4.01. The molecule has 0 radical (unpaired) electrons. The average molecular weight is 309 g/mol. The van der Waals surface area contributed by atoms with Gasteiger partial charge in [-0.25, -0.2) is 0 Å². The van der Waals surface area contributed by atoms with Crippen LogP contribution in [0.25, 0.3) is 0 Å². The number of halogens is 1. The Morgan fingerprint density at radius 2 is 1.71 bits per heavy atom. The zero-order chi connectivity index (χ0) is 12.3. The number of aryl methyl sites for hydroxylation is 1. The van der Waals surface area contributed by atoms with Gasteiger partial charge in [-0.15, -0.1) is 0 Å². The third-order valence-electron chi connectivity index (χ3n) is 2.49. The number of hydrogen-bond acceptors (Lipinski definition) is 2. The van der Waals surface area contributed by atoms with Crippen LogP contribution in [0.3, 0.4) is 0 Å². The first-order valence-electron chi connectivity index (χ1n) is 5.44. The van der Waals surface area contributed by atoms with Gasteiger partial charge >= 0.3 is 0 Å². The van der Waals surface area contributed by atoms with Crippen LogP contribution < -0.4 is 0 Å². The van der Waals surface area contributed by atoms with Crippen molar-refractivity contribution in [1.82, 2.24) is 0 Å². The fourth-order valence-corrected chi connectivity index (χ4v) is 2.66. The van der Waals surface area contributed by atoms with Gasteiger partial charge in [0.15, 0.2) is 0 Å². The van der Waals surface area contributed by atoms with Crippen molar-refractivity contribution in [3.8, 4) is 5.75 Å². The number of phenols is 1. The highest BCUT2D eigenvalue weighted by molar-refractivity contribution is 9.10. The summed E-state index contributed by atoms with van der Waals surface area (Å²) >= 11 is 5.06. The van der Waals surface area contributed by atoms with Crippen LogP contribution in [0.4, 0.5) is 0 Å². The summed E-state index contributed by atoms with van der Waals surface area (Å²) in [5.74, 6) is 0.384. The average Bonchev–Trinajstić information content (AvgIpc) is 2.32. The van der Waals surface area contributed by atoms with Crippen LogP contribution in [0.2, 0.25) is 0 Å². The number of benzene rings is 2. The summed E-state index contributed by atoms with van der Waals surface area (Å²) < 4.78 is 1.08. The van der Waals surface area contributed by atoms with Gasteiger partial charge in [-0.3, -0.25) is 0 Å². The van der Waals surface area contributed by atoms with E-state index in [4.69, 9.17) is 0 Å². The minimum Gasteiger partial charge on any atom is -0.508 e. The Balaban J connectivity index is 2.19. The van der Waals surface area contributed by atoms with Gasteiger partial charge in [-0.2, -0.15) is 0 Å². The summed E-state index contributed by atoms with van der Waals surface area (Å²) in [6, 6.07) is 14.0. The lowest BCUT2D eigenvalue weighted by Crippen LogP contribution is -1.82. The number of phenolic OH excluding ortho intramolecular Hbond substituents is 1. The Kier molecular flexibility index (Phi) is 4.13. The van der Waals surface area contributed by atoms with E-state index in [0.717, 1.165) is 26.2 Å². The Morgan fingerprint density at radius 3 is 2.29 bits per heavy atom. The molecule has 0 aliphatic heterocycles. The molecule has 0 aromatic heterocycles. The molecule has 1 N–H and O–H groups in total. The van der Waals surface area contributed by atoms with Gasteiger partial charge in [0.2, 0.25) is 0 Å². The van der Waals surface area contributed by atoms with Crippen LogP contribution in [-0.2, 0) is 6.42 Å². The highest BCUT2D eigenvalue weighted by Crippen LogP contribution is 2.32. The first-order valence-corrected chi connectivity index (χ1v) is 7.05. The van der Waals surface area contributed by atoms with Crippen LogP contribution in [0.5, 0.6) is 5.75 Å². The molecule has 0 spiro atoms. The SMILES string of the molecule is CCc1ccc(Sc2ccc(Br)cc2)cc1O. The van der Waals surface area contributed by atoms with Crippen molar-refractivity contribution < 1.29 is 5.11 Å². The molecule has 17 heavy (non-hydrogen) atoms. The molecule has 2 aromatic carbocycles. The molecule has 0 aliphatic carbocycles. The number of hydrogen-bond donors (Lipinski definition) is 1. The van der Waals surface area contributed by atoms with E-state index in [2.05, 4.69) is 28.1 Å². The highest BCUT2D eigenvalue weighted by Gasteiger charge is 2.02. The molecule has 0 heterocycles. The Hall–Kier alpha value is -0.930. The highest BCUT2D eigenvalue weighted by atomic mass is 79.9. The quantitative estimate of drug-likeness (QED) is 0.873. The third kappa shape index (κ3) is 3.27. The summed E-state index contributed by atoms with van der Waals surface area (Å²) in [6.45, 7) is 2.04. The lowest BCUT2D eigenvalue weighted by Gasteiger charge is -2.05. The van der Waals surface area contributed by atoms with Crippen LogP contribution in [-0.4, -0.2) is 5.11 Å². The topological polar surface area (TPSA) is 20.2 Å². The molecule has 0 fully saturated rings. The second-order valence-corrected chi connectivity index (χ2v) is 5.76. The molecule has 0 unspecified atom stereocenters. The van der Waals surface area contributed by atoms with Crippen LogP contribution in [0, 0.1) is 0 Å². The van der Waals surface area contributed by atoms with Crippen molar-refractivity contribution >= 4 is 27.7 Å². The molecule has 3 heteroatoms. The molecule has 2 aromatic rings. The number of aromatic hydroxyl groups is 1. The summed E-state index contributed by atoms with van der Waals surface area (Å²) in [5.41, 5.74) is 0.991. The van der Waals surface area contributed by atoms with E-state index < -0.39 is 0 Å². The molecule has 2 rings (SSSR count). The maximum Gasteiger partial charge on any atom is 0.119 e. The van der Waals surface area contributed by atoms with Crippen LogP contribution in [0.1, 0.15) is 12.5 Å². The molecular formula is C14H13BrOS. The Bertz CT molecular complexity index is 508. The molecule has 0 bridgehead atoms. The van der Waals surface area contributed by atoms with E-state index >= 15 is 0 Å². The smallest absolute Gasteiger partial charge is 0.119 e. The van der Waals surface area contributed by atoms with E-state index in [0.29, 0.717) is 5.75 Å². The minimum atomic E-state index is 0.384. The molecule has 0 saturated heterocycles. The standard InChI is InChI=1S/C14H13BrOS/c1-2-10-3-6-13(9-14(10)16)17-12-7-4-11(15)5-8-12/h3-9,16H,2H2,1H3. The van der Waals surface area contributed by atoms with Crippen molar-refractivity contribution in [3.63, 3.8) is 0 Å². The monoisotopic (exact) mass is 308 g/mol. The largest absolute Gasteiger partial charge is 0.508 e. The van der Waals surface area contributed by atoms with E-state index in [1.165, 1.54) is 0 Å². The first kappa shape index (κ1) is 12.5. The predicted octanol–water partition coefficient (Wildman–Crippen LogP) is 4.87. The molecular weight excluding hydrogens is 296 g/mol. The van der Waals surface area contributed by atoms with Crippen LogP contribution in [0.15, 0.2) is 56.7 Å². The molecule has 0 aliphatic rings. The van der Waals surface area contributed by atoms with E-state index in [9.17, 15) is 5.11 Å². The van der Waals surface area contributed by atoms with Crippen molar-refractivity contribution in [3.05, 3.63) is 52.5 Å². The maximum absolute atomic E-state index is 9.79. The zero-order valence-electron chi connectivity index (χ0n) is 9.48. The van der Waals surface area contributed by atoms with Crippen LogP contribution >= 0.6 is 27.7 Å². The van der Waals surface area contributed by atoms with Gasteiger partial charge in [0.1, 0.15) is 5.75 Å². The minimum absolute atomic E-state index is 0.384. The molecule has 1 nitrogen and oxygen atoms in total. The maximum atomic E-state index is 9.79. The fraction of sp³-hybridized carbons (Fsp3) is 0.143. The predicted molar refractivity (Wildman–Crippen MR) is 75.7 cm³/mol. The first-order chi connectivity index (χ1) is 8.19.